The summed E-state index contributed by atoms with van der Waals surface area (Å²) in [7, 11) is 0. The normalized spacial score (nSPS) is 24.5. The number of hydrogen-bond acceptors (Lipinski definition) is 4. The molecule has 0 spiro atoms. The first-order chi connectivity index (χ1) is 12.7. The molecule has 136 valence electrons. The van der Waals surface area contributed by atoms with Crippen LogP contribution in [0.15, 0.2) is 53.7 Å². The van der Waals surface area contributed by atoms with Crippen LogP contribution in [0, 0.1) is 5.92 Å². The van der Waals surface area contributed by atoms with Gasteiger partial charge in [0.15, 0.2) is 0 Å². The van der Waals surface area contributed by atoms with E-state index in [1.165, 1.54) is 5.56 Å². The minimum Gasteiger partial charge on any atom is -0.481 e. The first-order valence-corrected chi connectivity index (χ1v) is 9.57. The van der Waals surface area contributed by atoms with E-state index in [1.54, 1.807) is 0 Å². The highest BCUT2D eigenvalue weighted by Crippen LogP contribution is 2.60. The standard InChI is InChI=1S/C21H23ClN2O2/c1-2-23-11-6-12-25-24-20-17-10-9-16(22)13-19(17)26-21(14-18(20)21)15-7-4-3-5-8-15/h3-5,7-10,13,18,23H,2,6,11-12,14H2,1H3. The van der Waals surface area contributed by atoms with Gasteiger partial charge in [0.05, 0.1) is 11.6 Å². The molecule has 0 amide bonds. The summed E-state index contributed by atoms with van der Waals surface area (Å²) in [5.74, 6) is 0.998. The molecule has 0 bridgehead atoms. The zero-order chi connectivity index (χ0) is 18.0. The number of hydrogen-bond donors (Lipinski definition) is 1. The number of benzene rings is 2. The Morgan fingerprint density at radius 2 is 2.12 bits per heavy atom. The molecule has 1 saturated carbocycles. The minimum absolute atomic E-state index is 0.215. The van der Waals surface area contributed by atoms with Gasteiger partial charge in [-0.3, -0.25) is 0 Å². The highest BCUT2D eigenvalue weighted by Gasteiger charge is 2.64. The fourth-order valence-corrected chi connectivity index (χ4v) is 3.78. The van der Waals surface area contributed by atoms with Crippen molar-refractivity contribution in [3.05, 3.63) is 64.7 Å². The topological polar surface area (TPSA) is 42.8 Å². The van der Waals surface area contributed by atoms with Crippen LogP contribution in [-0.4, -0.2) is 25.4 Å². The molecule has 1 aliphatic carbocycles. The summed E-state index contributed by atoms with van der Waals surface area (Å²) < 4.78 is 6.42. The molecule has 1 heterocycles. The van der Waals surface area contributed by atoms with E-state index in [-0.39, 0.29) is 11.5 Å². The summed E-state index contributed by atoms with van der Waals surface area (Å²) in [4.78, 5) is 5.64. The molecule has 2 aromatic rings. The molecule has 2 aliphatic rings. The lowest BCUT2D eigenvalue weighted by molar-refractivity contribution is 0.134. The highest BCUT2D eigenvalue weighted by molar-refractivity contribution is 6.31. The molecule has 0 saturated heterocycles. The summed E-state index contributed by atoms with van der Waals surface area (Å²) in [6.07, 6.45) is 1.84. The van der Waals surface area contributed by atoms with Crippen molar-refractivity contribution in [3.63, 3.8) is 0 Å². The highest BCUT2D eigenvalue weighted by atomic mass is 35.5. The van der Waals surface area contributed by atoms with Crippen LogP contribution in [0.25, 0.3) is 0 Å². The summed E-state index contributed by atoms with van der Waals surface area (Å²) in [6.45, 7) is 4.61. The second kappa shape index (κ2) is 7.29. The summed E-state index contributed by atoms with van der Waals surface area (Å²) >= 11 is 6.19. The van der Waals surface area contributed by atoms with Gasteiger partial charge in [-0.25, -0.2) is 0 Å². The van der Waals surface area contributed by atoms with Crippen molar-refractivity contribution in [1.82, 2.24) is 5.32 Å². The number of halogens is 1. The van der Waals surface area contributed by atoms with Crippen LogP contribution in [0.5, 0.6) is 5.75 Å². The van der Waals surface area contributed by atoms with Crippen molar-refractivity contribution in [1.29, 1.82) is 0 Å². The largest absolute Gasteiger partial charge is 0.481 e. The molecule has 5 heteroatoms. The molecule has 4 nitrogen and oxygen atoms in total. The number of nitrogens with zero attached hydrogens (tertiary/aromatic N) is 1. The van der Waals surface area contributed by atoms with Gasteiger partial charge in [-0.2, -0.15) is 0 Å². The maximum atomic E-state index is 6.42. The number of nitrogens with one attached hydrogen (secondary N) is 1. The molecule has 2 unspecified atom stereocenters. The van der Waals surface area contributed by atoms with Gasteiger partial charge in [0.2, 0.25) is 0 Å². The van der Waals surface area contributed by atoms with Gasteiger partial charge < -0.3 is 14.9 Å². The third-order valence-electron chi connectivity index (χ3n) is 5.02. The van der Waals surface area contributed by atoms with Gasteiger partial charge in [0.1, 0.15) is 18.0 Å². The lowest BCUT2D eigenvalue weighted by Gasteiger charge is -2.27. The Hall–Kier alpha value is -2.04. The molecule has 1 fully saturated rings. The predicted octanol–water partition coefficient (Wildman–Crippen LogP) is 4.37. The molecule has 2 atom stereocenters. The van der Waals surface area contributed by atoms with E-state index in [2.05, 4.69) is 29.5 Å². The Morgan fingerprint density at radius 1 is 1.27 bits per heavy atom. The van der Waals surface area contributed by atoms with E-state index in [9.17, 15) is 0 Å². The van der Waals surface area contributed by atoms with Crippen molar-refractivity contribution in [2.24, 2.45) is 11.1 Å². The quantitative estimate of drug-likeness (QED) is 0.581. The van der Waals surface area contributed by atoms with Gasteiger partial charge in [0.25, 0.3) is 0 Å². The second-order valence-electron chi connectivity index (χ2n) is 6.77. The minimum atomic E-state index is -0.342. The maximum absolute atomic E-state index is 6.42. The van der Waals surface area contributed by atoms with E-state index in [0.29, 0.717) is 11.6 Å². The Morgan fingerprint density at radius 3 is 2.92 bits per heavy atom. The number of oxime groups is 1. The zero-order valence-corrected chi connectivity index (χ0v) is 15.6. The first kappa shape index (κ1) is 17.4. The monoisotopic (exact) mass is 370 g/mol. The average Bonchev–Trinajstić information content (AvgIpc) is 3.40. The van der Waals surface area contributed by atoms with Gasteiger partial charge in [-0.15, -0.1) is 0 Å². The van der Waals surface area contributed by atoms with E-state index in [0.717, 1.165) is 43.0 Å². The SMILES string of the molecule is CCNCCCON=C1c2ccc(Cl)cc2OC2(c3ccccc3)CC12. The van der Waals surface area contributed by atoms with Crippen LogP contribution >= 0.6 is 11.6 Å². The summed E-state index contributed by atoms with van der Waals surface area (Å²) in [5.41, 5.74) is 2.78. The van der Waals surface area contributed by atoms with Crippen LogP contribution in [-0.2, 0) is 10.4 Å². The fraction of sp³-hybridized carbons (Fsp3) is 0.381. The van der Waals surface area contributed by atoms with Gasteiger partial charge >= 0.3 is 0 Å². The molecule has 4 rings (SSSR count). The Bertz CT molecular complexity index is 809. The van der Waals surface area contributed by atoms with Crippen LogP contribution in [0.1, 0.15) is 30.9 Å². The predicted molar refractivity (Wildman–Crippen MR) is 104 cm³/mol. The van der Waals surface area contributed by atoms with Crippen LogP contribution in [0.2, 0.25) is 5.02 Å². The molecule has 26 heavy (non-hydrogen) atoms. The van der Waals surface area contributed by atoms with Crippen LogP contribution in [0.3, 0.4) is 0 Å². The van der Waals surface area contributed by atoms with E-state index < -0.39 is 0 Å². The van der Waals surface area contributed by atoms with E-state index in [1.807, 2.05) is 36.4 Å². The smallest absolute Gasteiger partial charge is 0.143 e. The number of ether oxygens (including phenoxy) is 1. The van der Waals surface area contributed by atoms with Crippen LogP contribution < -0.4 is 10.1 Å². The van der Waals surface area contributed by atoms with Gasteiger partial charge in [-0.05, 0) is 43.3 Å². The maximum Gasteiger partial charge on any atom is 0.143 e. The third kappa shape index (κ3) is 3.19. The lowest BCUT2D eigenvalue weighted by atomic mass is 9.96. The van der Waals surface area contributed by atoms with Crippen molar-refractivity contribution in [2.75, 3.05) is 19.7 Å². The Kier molecular flexibility index (Phi) is 4.88. The Labute approximate surface area is 159 Å². The second-order valence-corrected chi connectivity index (χ2v) is 7.21. The fourth-order valence-electron chi connectivity index (χ4n) is 3.62. The number of fused-ring (bicyclic) bond motifs is 2. The van der Waals surface area contributed by atoms with E-state index >= 15 is 0 Å². The van der Waals surface area contributed by atoms with Gasteiger partial charge in [0, 0.05) is 17.0 Å². The molecule has 0 radical (unpaired) electrons. The van der Waals surface area contributed by atoms with Crippen molar-refractivity contribution in [3.8, 4) is 5.75 Å². The molecule has 2 aromatic carbocycles. The molecular weight excluding hydrogens is 348 g/mol. The third-order valence-corrected chi connectivity index (χ3v) is 5.25. The average molecular weight is 371 g/mol. The summed E-state index contributed by atoms with van der Waals surface area (Å²) in [6, 6.07) is 16.1. The molecule has 1 aliphatic heterocycles. The Balaban J connectivity index is 1.59. The zero-order valence-electron chi connectivity index (χ0n) is 14.9. The molecular formula is C21H23ClN2O2. The lowest BCUT2D eigenvalue weighted by Crippen LogP contribution is -2.28. The van der Waals surface area contributed by atoms with Crippen molar-refractivity contribution >= 4 is 17.3 Å². The van der Waals surface area contributed by atoms with Crippen molar-refractivity contribution < 1.29 is 9.57 Å². The number of rotatable bonds is 7. The van der Waals surface area contributed by atoms with Gasteiger partial charge in [-0.1, -0.05) is 54.0 Å². The molecule has 0 aromatic heterocycles. The van der Waals surface area contributed by atoms with E-state index in [4.69, 9.17) is 21.2 Å². The first-order valence-electron chi connectivity index (χ1n) is 9.19. The van der Waals surface area contributed by atoms with Crippen molar-refractivity contribution in [2.45, 2.75) is 25.4 Å². The molecule has 1 N–H and O–H groups in total. The van der Waals surface area contributed by atoms with Crippen LogP contribution in [0.4, 0.5) is 0 Å². The summed E-state index contributed by atoms with van der Waals surface area (Å²) in [5, 5.41) is 8.46.